The second kappa shape index (κ2) is 122. The van der Waals surface area contributed by atoms with Crippen LogP contribution in [0.15, 0.2) is 0 Å². The van der Waals surface area contributed by atoms with Crippen LogP contribution < -0.4 is 0 Å². The van der Waals surface area contributed by atoms with Gasteiger partial charge in [0, 0.05) is 0 Å². The van der Waals surface area contributed by atoms with Gasteiger partial charge in [0.2, 0.25) is 0 Å². The van der Waals surface area contributed by atoms with Gasteiger partial charge in [-0.2, -0.15) is 0 Å². The molecular formula is HAgLiMnO4V. The minimum Gasteiger partial charge on any atom is -2.00 e. The molecule has 0 N–H and O–H groups in total. The smallest absolute Gasteiger partial charge is 2.00 e. The van der Waals surface area contributed by atoms with E-state index in [0.717, 1.165) is 0 Å². The fraction of sp³-hybridized carbons (Fsp3) is 0. The van der Waals surface area contributed by atoms with E-state index >= 15 is 0 Å². The molecule has 49 valence electrons. The van der Waals surface area contributed by atoms with Crippen LogP contribution in [0.4, 0.5) is 0 Å². The van der Waals surface area contributed by atoms with Gasteiger partial charge in [0.05, 0.1) is 0 Å². The Bertz CT molecular complexity index is 16.0. The zero-order chi connectivity index (χ0) is 0. The number of hydrogen-bond acceptors (Lipinski definition) is 0. The van der Waals surface area contributed by atoms with E-state index in [1.807, 2.05) is 0 Å². The maximum atomic E-state index is 0. The molecule has 0 saturated heterocycles. The summed E-state index contributed by atoms with van der Waals surface area (Å²) < 4.78 is 0. The van der Waals surface area contributed by atoms with E-state index in [9.17, 15) is 0 Å². The first-order valence-electron chi connectivity index (χ1n) is 0. The van der Waals surface area contributed by atoms with Crippen LogP contribution in [0, 0.1) is 0 Å². The Kier molecular flexibility index (Phi) is 2600. The first-order valence-corrected chi connectivity index (χ1v) is 0. The average Bonchev–Trinajstić information content (AvgIpc) is 0. The minimum atomic E-state index is 0. The maximum Gasteiger partial charge on any atom is 5.00 e. The third-order valence-electron chi connectivity index (χ3n) is 0. The predicted octanol–water partition coefficient (Wildman–Crippen LogP) is -1.13. The van der Waals surface area contributed by atoms with Crippen LogP contribution in [0.3, 0.4) is 0 Å². The molecule has 0 aromatic carbocycles. The molecule has 0 heterocycles. The van der Waals surface area contributed by atoms with Crippen LogP contribution in [0.2, 0.25) is 0 Å². The molecule has 8 heteroatoms. The summed E-state index contributed by atoms with van der Waals surface area (Å²) in [5.74, 6) is 0. The van der Waals surface area contributed by atoms with Gasteiger partial charge in [-0.3, -0.25) is 0 Å². The number of rotatable bonds is 0. The monoisotopic (exact) mass is 285 g/mol. The van der Waals surface area contributed by atoms with Crippen LogP contribution in [0.25, 0.3) is 0 Å². The van der Waals surface area contributed by atoms with Gasteiger partial charge in [-0.1, -0.05) is 0 Å². The molecule has 0 rings (SSSR count). The Morgan fingerprint density at radius 1 is 0.625 bits per heavy atom. The van der Waals surface area contributed by atoms with E-state index < -0.39 is 0 Å². The first-order chi connectivity index (χ1) is 0. The van der Waals surface area contributed by atoms with Crippen molar-refractivity contribution in [2.75, 3.05) is 0 Å². The van der Waals surface area contributed by atoms with Crippen molar-refractivity contribution < 1.29 is 79.9 Å². The molecule has 0 bridgehead atoms. The molecule has 1 radical (unpaired) electrons. The molecule has 0 aliphatic rings. The molecule has 0 amide bonds. The number of hydrogen-bond donors (Lipinski definition) is 0. The Morgan fingerprint density at radius 3 is 0.625 bits per heavy atom. The van der Waals surface area contributed by atoms with Crippen molar-refractivity contribution in [3.8, 4) is 0 Å². The predicted molar refractivity (Wildman–Crippen MR) is 9.89 cm³/mol. The van der Waals surface area contributed by atoms with Gasteiger partial charge >= 0.3 is 76.9 Å². The molecule has 0 atom stereocenters. The third kappa shape index (κ3) is 84.4. The van der Waals surface area contributed by atoms with Crippen molar-refractivity contribution in [1.82, 2.24) is 0 Å². The van der Waals surface area contributed by atoms with Gasteiger partial charge < -0.3 is 21.9 Å². The van der Waals surface area contributed by atoms with E-state index in [1.54, 1.807) is 0 Å². The Balaban J connectivity index is 0. The van der Waals surface area contributed by atoms with Crippen molar-refractivity contribution in [2.45, 2.75) is 0 Å². The SMILES string of the molecule is [Ag+].[LiH].[Mn+2].[O-2].[O-2].[O-2].[O-2].[V+5]. The summed E-state index contributed by atoms with van der Waals surface area (Å²) in [4.78, 5) is 0. The van der Waals surface area contributed by atoms with Crippen molar-refractivity contribution in [3.05, 3.63) is 0 Å². The Labute approximate surface area is 97.8 Å². The average molecular weight is 286 g/mol. The Hall–Kier alpha value is 2.28. The largest absolute Gasteiger partial charge is 5.00 e. The van der Waals surface area contributed by atoms with Crippen LogP contribution in [-0.2, 0) is 79.9 Å². The van der Waals surface area contributed by atoms with Crippen LogP contribution in [0.5, 0.6) is 0 Å². The van der Waals surface area contributed by atoms with Crippen LogP contribution in [0.1, 0.15) is 0 Å². The molecule has 0 aromatic rings. The molecule has 0 aliphatic carbocycles. The molecule has 0 fully saturated rings. The zero-order valence-corrected chi connectivity index (χ0v) is 6.82. The summed E-state index contributed by atoms with van der Waals surface area (Å²) in [7, 11) is 0. The first kappa shape index (κ1) is 170. The molecule has 0 saturated carbocycles. The molecule has 8 heavy (non-hydrogen) atoms. The van der Waals surface area contributed by atoms with Crippen molar-refractivity contribution >= 4 is 18.9 Å². The Morgan fingerprint density at radius 2 is 0.625 bits per heavy atom. The summed E-state index contributed by atoms with van der Waals surface area (Å²) in [6.45, 7) is 0. The van der Waals surface area contributed by atoms with Gasteiger partial charge in [-0.05, 0) is 0 Å². The summed E-state index contributed by atoms with van der Waals surface area (Å²) in [5.41, 5.74) is 0. The van der Waals surface area contributed by atoms with Gasteiger partial charge in [0.1, 0.15) is 0 Å². The van der Waals surface area contributed by atoms with Gasteiger partial charge in [-0.15, -0.1) is 0 Å². The van der Waals surface area contributed by atoms with Crippen LogP contribution >= 0.6 is 0 Å². The molecule has 4 nitrogen and oxygen atoms in total. The third-order valence-corrected chi connectivity index (χ3v) is 0. The van der Waals surface area contributed by atoms with E-state index in [2.05, 4.69) is 0 Å². The summed E-state index contributed by atoms with van der Waals surface area (Å²) in [6.07, 6.45) is 0. The van der Waals surface area contributed by atoms with Crippen molar-refractivity contribution in [1.29, 1.82) is 0 Å². The van der Waals surface area contributed by atoms with Crippen LogP contribution in [-0.4, -0.2) is 18.9 Å². The fourth-order valence-electron chi connectivity index (χ4n) is 0. The van der Waals surface area contributed by atoms with E-state index in [0.29, 0.717) is 0 Å². The van der Waals surface area contributed by atoms with Gasteiger partial charge in [0.15, 0.2) is 0 Å². The summed E-state index contributed by atoms with van der Waals surface area (Å²) in [6, 6.07) is 0. The molecule has 0 unspecified atom stereocenters. The second-order valence-corrected chi connectivity index (χ2v) is 0. The summed E-state index contributed by atoms with van der Waals surface area (Å²) >= 11 is 0. The molecule has 0 aliphatic heterocycles. The standard InChI is InChI=1S/Ag.Li.Mn.4O.V.H/q+1;;+2;4*-2;+5;. The van der Waals surface area contributed by atoms with Gasteiger partial charge in [-0.25, -0.2) is 0 Å². The maximum absolute atomic E-state index is 0. The van der Waals surface area contributed by atoms with E-state index in [-0.39, 0.29) is 98.8 Å². The topological polar surface area (TPSA) is 114 Å². The fourth-order valence-corrected chi connectivity index (χ4v) is 0. The summed E-state index contributed by atoms with van der Waals surface area (Å²) in [5, 5.41) is 0. The molecular weight excluding hydrogens is 285 g/mol. The van der Waals surface area contributed by atoms with E-state index in [4.69, 9.17) is 0 Å². The second-order valence-electron chi connectivity index (χ2n) is 0. The van der Waals surface area contributed by atoms with E-state index in [1.165, 1.54) is 0 Å². The quantitative estimate of drug-likeness (QED) is 0.501. The van der Waals surface area contributed by atoms with Gasteiger partial charge in [0.25, 0.3) is 0 Å². The molecule has 0 aromatic heterocycles. The minimum absolute atomic E-state index is 0. The van der Waals surface area contributed by atoms with Crippen molar-refractivity contribution in [2.24, 2.45) is 0 Å². The molecule has 0 spiro atoms. The van der Waals surface area contributed by atoms with Crippen molar-refractivity contribution in [3.63, 3.8) is 0 Å². The zero-order valence-electron chi connectivity index (χ0n) is 2.76. The normalized spacial score (nSPS) is 0.